The number of imidazole rings is 1. The molecule has 132 valence electrons. The third kappa shape index (κ3) is 3.90. The van der Waals surface area contributed by atoms with E-state index >= 15 is 0 Å². The van der Waals surface area contributed by atoms with E-state index in [4.69, 9.17) is 0 Å². The topological polar surface area (TPSA) is 58.9 Å². The van der Waals surface area contributed by atoms with Gasteiger partial charge in [0.05, 0.1) is 6.04 Å². The fraction of sp³-hybridized carbons (Fsp3) is 0.353. The maximum absolute atomic E-state index is 4.58. The van der Waals surface area contributed by atoms with Crippen LogP contribution >= 0.6 is 23.7 Å². The third-order valence-corrected chi connectivity index (χ3v) is 5.38. The summed E-state index contributed by atoms with van der Waals surface area (Å²) in [7, 11) is 2.06. The average Bonchev–Trinajstić information content (AvgIpc) is 3.25. The smallest absolute Gasteiger partial charge is 0.127 e. The zero-order valence-corrected chi connectivity index (χ0v) is 15.6. The molecule has 1 unspecified atom stereocenters. The van der Waals surface area contributed by atoms with E-state index in [0.717, 1.165) is 42.6 Å². The number of nitrogens with one attached hydrogen (secondary N) is 1. The maximum atomic E-state index is 4.58. The second kappa shape index (κ2) is 8.05. The van der Waals surface area contributed by atoms with Crippen LogP contribution in [0.4, 0.5) is 0 Å². The van der Waals surface area contributed by atoms with Crippen molar-refractivity contribution in [3.8, 4) is 10.6 Å². The van der Waals surface area contributed by atoms with Gasteiger partial charge in [-0.25, -0.2) is 9.97 Å². The van der Waals surface area contributed by atoms with Crippen LogP contribution in [-0.4, -0.2) is 44.1 Å². The molecule has 3 aromatic rings. The van der Waals surface area contributed by atoms with E-state index < -0.39 is 0 Å². The number of hydrogen-bond donors (Lipinski definition) is 1. The number of aryl methyl sites for hydroxylation is 1. The summed E-state index contributed by atoms with van der Waals surface area (Å²) in [4.78, 5) is 17.0. The van der Waals surface area contributed by atoms with Crippen molar-refractivity contribution in [2.24, 2.45) is 7.05 Å². The monoisotopic (exact) mass is 376 g/mol. The lowest BCUT2D eigenvalue weighted by molar-refractivity contribution is 0.146. The molecule has 0 spiro atoms. The van der Waals surface area contributed by atoms with Crippen LogP contribution in [0, 0.1) is 0 Å². The molecule has 4 heterocycles. The Morgan fingerprint density at radius 3 is 2.84 bits per heavy atom. The Morgan fingerprint density at radius 2 is 2.08 bits per heavy atom. The van der Waals surface area contributed by atoms with Crippen molar-refractivity contribution in [3.05, 3.63) is 53.8 Å². The molecule has 6 nitrogen and oxygen atoms in total. The van der Waals surface area contributed by atoms with Gasteiger partial charge < -0.3 is 9.88 Å². The van der Waals surface area contributed by atoms with E-state index in [1.807, 2.05) is 43.1 Å². The lowest BCUT2D eigenvalue weighted by atomic mass is 10.1. The van der Waals surface area contributed by atoms with Gasteiger partial charge in [-0.1, -0.05) is 0 Å². The molecule has 0 amide bonds. The number of rotatable bonds is 4. The van der Waals surface area contributed by atoms with Crippen molar-refractivity contribution in [2.45, 2.75) is 12.6 Å². The van der Waals surface area contributed by atoms with Gasteiger partial charge in [-0.05, 0) is 12.1 Å². The number of piperazine rings is 1. The Bertz CT molecular complexity index is 802. The largest absolute Gasteiger partial charge is 0.337 e. The highest BCUT2D eigenvalue weighted by Crippen LogP contribution is 2.28. The minimum Gasteiger partial charge on any atom is -0.337 e. The third-order valence-electron chi connectivity index (χ3n) is 4.35. The first-order valence-corrected chi connectivity index (χ1v) is 8.90. The molecule has 4 rings (SSSR count). The van der Waals surface area contributed by atoms with Crippen molar-refractivity contribution in [1.82, 2.24) is 29.7 Å². The van der Waals surface area contributed by atoms with Crippen LogP contribution in [0.3, 0.4) is 0 Å². The number of hydrogen-bond acceptors (Lipinski definition) is 6. The van der Waals surface area contributed by atoms with Crippen LogP contribution in [0.1, 0.15) is 16.7 Å². The van der Waals surface area contributed by atoms with E-state index in [2.05, 4.69) is 36.8 Å². The molecular weight excluding hydrogens is 356 g/mol. The zero-order valence-electron chi connectivity index (χ0n) is 14.0. The quantitative estimate of drug-likeness (QED) is 0.758. The van der Waals surface area contributed by atoms with Gasteiger partial charge in [0.25, 0.3) is 0 Å². The van der Waals surface area contributed by atoms with Gasteiger partial charge in [0.2, 0.25) is 0 Å². The maximum Gasteiger partial charge on any atom is 0.127 e. The van der Waals surface area contributed by atoms with Gasteiger partial charge >= 0.3 is 0 Å². The number of aromatic nitrogens is 4. The molecule has 0 aromatic carbocycles. The lowest BCUT2D eigenvalue weighted by Crippen LogP contribution is -2.46. The SMILES string of the molecule is Cl.Cn1ccnc1C1CNCCN1Cc1cnc(-c2ccncc2)s1. The molecule has 1 atom stereocenters. The molecule has 1 saturated heterocycles. The lowest BCUT2D eigenvalue weighted by Gasteiger charge is -2.35. The van der Waals surface area contributed by atoms with Gasteiger partial charge in [-0.3, -0.25) is 9.88 Å². The van der Waals surface area contributed by atoms with E-state index in [9.17, 15) is 0 Å². The molecule has 8 heteroatoms. The average molecular weight is 377 g/mol. The van der Waals surface area contributed by atoms with Crippen molar-refractivity contribution >= 4 is 23.7 Å². The summed E-state index contributed by atoms with van der Waals surface area (Å²) in [6.45, 7) is 3.86. The fourth-order valence-corrected chi connectivity index (χ4v) is 4.04. The first kappa shape index (κ1) is 18.0. The van der Waals surface area contributed by atoms with Crippen molar-refractivity contribution in [1.29, 1.82) is 0 Å². The number of thiazole rings is 1. The van der Waals surface area contributed by atoms with Crippen molar-refractivity contribution < 1.29 is 0 Å². The van der Waals surface area contributed by atoms with Crippen LogP contribution in [0.2, 0.25) is 0 Å². The Hall–Kier alpha value is -1.80. The standard InChI is InChI=1S/C17H20N6S.ClH/c1-22-8-7-20-16(22)15-11-19-6-9-23(15)12-14-10-21-17(24-14)13-2-4-18-5-3-13;/h2-5,7-8,10,15,19H,6,9,11-12H2,1H3;1H. The van der Waals surface area contributed by atoms with E-state index in [0.29, 0.717) is 6.04 Å². The first-order valence-electron chi connectivity index (χ1n) is 8.08. The molecule has 0 aliphatic carbocycles. The summed E-state index contributed by atoms with van der Waals surface area (Å²) in [5.41, 5.74) is 1.13. The highest BCUT2D eigenvalue weighted by Gasteiger charge is 2.27. The molecule has 0 bridgehead atoms. The van der Waals surface area contributed by atoms with E-state index in [1.165, 1.54) is 4.88 Å². The Balaban J connectivity index is 0.00000182. The van der Waals surface area contributed by atoms with Crippen molar-refractivity contribution in [3.63, 3.8) is 0 Å². The molecular formula is C17H21ClN6S. The van der Waals surface area contributed by atoms with Crippen LogP contribution in [0.15, 0.2) is 43.1 Å². The fourth-order valence-electron chi connectivity index (χ4n) is 3.10. The molecule has 1 aliphatic rings. The first-order chi connectivity index (χ1) is 11.8. The summed E-state index contributed by atoms with van der Waals surface area (Å²) in [5, 5.41) is 4.53. The normalized spacial score (nSPS) is 18.0. The minimum atomic E-state index is 0. The predicted molar refractivity (Wildman–Crippen MR) is 102 cm³/mol. The van der Waals surface area contributed by atoms with Crippen LogP contribution < -0.4 is 5.32 Å². The molecule has 1 N–H and O–H groups in total. The molecule has 1 aliphatic heterocycles. The molecule has 1 fully saturated rings. The summed E-state index contributed by atoms with van der Waals surface area (Å²) in [6, 6.07) is 4.30. The Kier molecular flexibility index (Phi) is 5.80. The summed E-state index contributed by atoms with van der Waals surface area (Å²) >= 11 is 1.75. The summed E-state index contributed by atoms with van der Waals surface area (Å²) < 4.78 is 2.11. The molecule has 3 aromatic heterocycles. The number of halogens is 1. The van der Waals surface area contributed by atoms with Gasteiger partial charge in [-0.2, -0.15) is 0 Å². The molecule has 0 radical (unpaired) electrons. The number of nitrogens with zero attached hydrogens (tertiary/aromatic N) is 5. The van der Waals surface area contributed by atoms with Gasteiger partial charge in [0.1, 0.15) is 10.8 Å². The second-order valence-corrected chi connectivity index (χ2v) is 7.07. The predicted octanol–water partition coefficient (Wildman–Crippen LogP) is 2.51. The van der Waals surface area contributed by atoms with E-state index in [1.54, 1.807) is 11.3 Å². The van der Waals surface area contributed by atoms with Gasteiger partial charge in [-0.15, -0.1) is 23.7 Å². The summed E-state index contributed by atoms with van der Waals surface area (Å²) in [6.07, 6.45) is 9.50. The summed E-state index contributed by atoms with van der Waals surface area (Å²) in [5.74, 6) is 1.11. The Labute approximate surface area is 157 Å². The van der Waals surface area contributed by atoms with Gasteiger partial charge in [0, 0.05) is 74.7 Å². The van der Waals surface area contributed by atoms with E-state index in [-0.39, 0.29) is 12.4 Å². The van der Waals surface area contributed by atoms with Crippen molar-refractivity contribution in [2.75, 3.05) is 19.6 Å². The number of pyridine rings is 1. The molecule has 0 saturated carbocycles. The highest BCUT2D eigenvalue weighted by atomic mass is 35.5. The van der Waals surface area contributed by atoms with Gasteiger partial charge in [0.15, 0.2) is 0 Å². The van der Waals surface area contributed by atoms with Crippen LogP contribution in [0.25, 0.3) is 10.6 Å². The Morgan fingerprint density at radius 1 is 1.24 bits per heavy atom. The highest BCUT2D eigenvalue weighted by molar-refractivity contribution is 7.15. The molecule has 25 heavy (non-hydrogen) atoms. The second-order valence-electron chi connectivity index (χ2n) is 5.95. The zero-order chi connectivity index (χ0) is 16.4. The van der Waals surface area contributed by atoms with Crippen LogP contribution in [0.5, 0.6) is 0 Å². The minimum absolute atomic E-state index is 0. The van der Waals surface area contributed by atoms with Crippen LogP contribution in [-0.2, 0) is 13.6 Å².